The Bertz CT molecular complexity index is 868. The summed E-state index contributed by atoms with van der Waals surface area (Å²) in [6, 6.07) is 8.99. The number of carboxylic acid groups (broad SMARTS) is 1. The molecule has 0 spiro atoms. The fourth-order valence-corrected chi connectivity index (χ4v) is 2.11. The van der Waals surface area contributed by atoms with Gasteiger partial charge < -0.3 is 10.2 Å². The molecular weight excluding hydrogens is 282 g/mol. The van der Waals surface area contributed by atoms with Gasteiger partial charge in [0.2, 0.25) is 0 Å². The lowest BCUT2D eigenvalue weighted by Crippen LogP contribution is -2.01. The lowest BCUT2D eigenvalue weighted by molar-refractivity contribution is 0.0689. The fraction of sp³-hybridized carbons (Fsp3) is 0.0625. The molecule has 6 heteroatoms. The van der Waals surface area contributed by atoms with Crippen molar-refractivity contribution in [2.45, 2.75) is 6.61 Å². The number of nitrogens with zero attached hydrogens (tertiary/aromatic N) is 3. The van der Waals surface area contributed by atoms with Crippen molar-refractivity contribution in [3.05, 3.63) is 65.4 Å². The fourth-order valence-electron chi connectivity index (χ4n) is 2.11. The standard InChI is InChI=1S/C16H13N3O3/c20-10-13-3-1-2-12(18-13)6-4-11-5-7-15-17-8-14(16(21)22)19(15)9-11/h1-9,20H,10H2,(H,21,22)/b6-4-. The SMILES string of the molecule is O=C(O)c1cnc2ccc(/C=C\c3cccc(CO)n3)cn12. The van der Waals surface area contributed by atoms with Crippen LogP contribution in [0, 0.1) is 0 Å². The maximum atomic E-state index is 11.1. The van der Waals surface area contributed by atoms with Crippen molar-refractivity contribution in [1.29, 1.82) is 0 Å². The smallest absolute Gasteiger partial charge is 0.354 e. The number of rotatable bonds is 4. The first-order chi connectivity index (χ1) is 10.7. The van der Waals surface area contributed by atoms with Crippen molar-refractivity contribution in [1.82, 2.24) is 14.4 Å². The van der Waals surface area contributed by atoms with Gasteiger partial charge in [0.05, 0.1) is 24.2 Å². The molecule has 3 heterocycles. The first-order valence-corrected chi connectivity index (χ1v) is 6.62. The van der Waals surface area contributed by atoms with Crippen LogP contribution in [0.1, 0.15) is 27.4 Å². The van der Waals surface area contributed by atoms with E-state index in [1.165, 1.54) is 10.6 Å². The van der Waals surface area contributed by atoms with Crippen molar-refractivity contribution < 1.29 is 15.0 Å². The predicted octanol–water partition coefficient (Wildman–Crippen LogP) is 2.09. The minimum atomic E-state index is -1.02. The van der Waals surface area contributed by atoms with Gasteiger partial charge in [0, 0.05) is 6.20 Å². The van der Waals surface area contributed by atoms with E-state index in [0.717, 1.165) is 11.3 Å². The van der Waals surface area contributed by atoms with Crippen LogP contribution in [0.5, 0.6) is 0 Å². The van der Waals surface area contributed by atoms with Gasteiger partial charge in [0.25, 0.3) is 0 Å². The molecule has 0 aliphatic rings. The van der Waals surface area contributed by atoms with Gasteiger partial charge in [-0.25, -0.2) is 9.78 Å². The topological polar surface area (TPSA) is 87.7 Å². The number of aliphatic hydroxyl groups excluding tert-OH is 1. The molecule has 0 atom stereocenters. The Labute approximate surface area is 126 Å². The van der Waals surface area contributed by atoms with Crippen molar-refractivity contribution in [3.8, 4) is 0 Å². The number of carboxylic acids is 1. The van der Waals surface area contributed by atoms with E-state index in [4.69, 9.17) is 10.2 Å². The molecule has 0 fully saturated rings. The monoisotopic (exact) mass is 295 g/mol. The molecule has 0 bridgehead atoms. The minimum absolute atomic E-state index is 0.107. The van der Waals surface area contributed by atoms with Gasteiger partial charge in [0.15, 0.2) is 5.69 Å². The molecule has 0 radical (unpaired) electrons. The summed E-state index contributed by atoms with van der Waals surface area (Å²) in [6.45, 7) is -0.107. The summed E-state index contributed by atoms with van der Waals surface area (Å²) in [4.78, 5) is 19.4. The molecule has 0 aromatic carbocycles. The van der Waals surface area contributed by atoms with E-state index in [0.29, 0.717) is 11.3 Å². The van der Waals surface area contributed by atoms with Gasteiger partial charge in [-0.05, 0) is 35.9 Å². The molecule has 3 rings (SSSR count). The normalized spacial score (nSPS) is 11.3. The predicted molar refractivity (Wildman–Crippen MR) is 81.2 cm³/mol. The van der Waals surface area contributed by atoms with E-state index in [9.17, 15) is 4.79 Å². The number of aromatic carboxylic acids is 1. The number of aliphatic hydroxyl groups is 1. The Morgan fingerprint density at radius 2 is 2.09 bits per heavy atom. The van der Waals surface area contributed by atoms with Crippen molar-refractivity contribution in [2.75, 3.05) is 0 Å². The van der Waals surface area contributed by atoms with Gasteiger partial charge in [-0.1, -0.05) is 12.1 Å². The van der Waals surface area contributed by atoms with Crippen LogP contribution < -0.4 is 0 Å². The van der Waals surface area contributed by atoms with E-state index in [1.807, 2.05) is 24.3 Å². The van der Waals surface area contributed by atoms with Crippen LogP contribution in [0.4, 0.5) is 0 Å². The quantitative estimate of drug-likeness (QED) is 0.769. The maximum Gasteiger partial charge on any atom is 0.354 e. The molecule has 22 heavy (non-hydrogen) atoms. The minimum Gasteiger partial charge on any atom is -0.477 e. The van der Waals surface area contributed by atoms with E-state index in [-0.39, 0.29) is 12.3 Å². The molecule has 0 aliphatic heterocycles. The average Bonchev–Trinajstić information content (AvgIpc) is 2.96. The van der Waals surface area contributed by atoms with Crippen molar-refractivity contribution in [3.63, 3.8) is 0 Å². The highest BCUT2D eigenvalue weighted by molar-refractivity contribution is 5.86. The Hall–Kier alpha value is -2.99. The zero-order valence-corrected chi connectivity index (χ0v) is 11.5. The zero-order chi connectivity index (χ0) is 15.5. The summed E-state index contributed by atoms with van der Waals surface area (Å²) in [5.41, 5.74) is 2.83. The number of hydrogen-bond donors (Lipinski definition) is 2. The number of aromatic nitrogens is 3. The van der Waals surface area contributed by atoms with Crippen molar-refractivity contribution in [2.24, 2.45) is 0 Å². The second-order valence-corrected chi connectivity index (χ2v) is 4.68. The van der Waals surface area contributed by atoms with Crippen LogP contribution >= 0.6 is 0 Å². The lowest BCUT2D eigenvalue weighted by Gasteiger charge is -2.00. The summed E-state index contributed by atoms with van der Waals surface area (Å²) < 4.78 is 1.53. The Morgan fingerprint density at radius 1 is 1.23 bits per heavy atom. The second kappa shape index (κ2) is 5.79. The van der Waals surface area contributed by atoms with Crippen LogP contribution in [-0.4, -0.2) is 30.6 Å². The largest absolute Gasteiger partial charge is 0.477 e. The van der Waals surface area contributed by atoms with Crippen LogP contribution in [0.3, 0.4) is 0 Å². The van der Waals surface area contributed by atoms with Gasteiger partial charge in [-0.15, -0.1) is 0 Å². The molecule has 110 valence electrons. The molecular formula is C16H13N3O3. The van der Waals surface area contributed by atoms with E-state index < -0.39 is 5.97 Å². The van der Waals surface area contributed by atoms with Crippen LogP contribution in [0.2, 0.25) is 0 Å². The third-order valence-corrected chi connectivity index (χ3v) is 3.18. The summed E-state index contributed by atoms with van der Waals surface area (Å²) >= 11 is 0. The van der Waals surface area contributed by atoms with Crippen LogP contribution in [-0.2, 0) is 6.61 Å². The Kier molecular flexibility index (Phi) is 3.67. The van der Waals surface area contributed by atoms with Crippen molar-refractivity contribution >= 4 is 23.8 Å². The van der Waals surface area contributed by atoms with E-state index in [1.54, 1.807) is 24.4 Å². The summed E-state index contributed by atoms with van der Waals surface area (Å²) in [5.74, 6) is -1.02. The molecule has 0 saturated heterocycles. The lowest BCUT2D eigenvalue weighted by atomic mass is 10.2. The molecule has 0 aliphatic carbocycles. The average molecular weight is 295 g/mol. The van der Waals surface area contributed by atoms with E-state index >= 15 is 0 Å². The maximum absolute atomic E-state index is 11.1. The molecule has 2 N–H and O–H groups in total. The van der Waals surface area contributed by atoms with Gasteiger partial charge >= 0.3 is 5.97 Å². The molecule has 0 amide bonds. The van der Waals surface area contributed by atoms with Crippen LogP contribution in [0.25, 0.3) is 17.8 Å². The number of hydrogen-bond acceptors (Lipinski definition) is 4. The molecule has 0 saturated carbocycles. The van der Waals surface area contributed by atoms with Gasteiger partial charge in [0.1, 0.15) is 5.65 Å². The van der Waals surface area contributed by atoms with Gasteiger partial charge in [-0.3, -0.25) is 9.38 Å². The number of imidazole rings is 1. The first-order valence-electron chi connectivity index (χ1n) is 6.62. The highest BCUT2D eigenvalue weighted by Gasteiger charge is 2.09. The Balaban J connectivity index is 1.94. The third kappa shape index (κ3) is 2.72. The zero-order valence-electron chi connectivity index (χ0n) is 11.5. The highest BCUT2D eigenvalue weighted by atomic mass is 16.4. The number of carbonyl (C=O) groups is 1. The number of pyridine rings is 2. The van der Waals surface area contributed by atoms with Gasteiger partial charge in [-0.2, -0.15) is 0 Å². The highest BCUT2D eigenvalue weighted by Crippen LogP contribution is 2.12. The first kappa shape index (κ1) is 14.0. The molecule has 6 nitrogen and oxygen atoms in total. The summed E-state index contributed by atoms with van der Waals surface area (Å²) in [5, 5.41) is 18.2. The molecule has 3 aromatic rings. The third-order valence-electron chi connectivity index (χ3n) is 3.18. The van der Waals surface area contributed by atoms with E-state index in [2.05, 4.69) is 9.97 Å². The molecule has 3 aromatic heterocycles. The summed E-state index contributed by atoms with van der Waals surface area (Å²) in [7, 11) is 0. The van der Waals surface area contributed by atoms with Crippen LogP contribution in [0.15, 0.2) is 42.7 Å². The molecule has 0 unspecified atom stereocenters. The Morgan fingerprint density at radius 3 is 2.86 bits per heavy atom. The second-order valence-electron chi connectivity index (χ2n) is 4.68. The number of fused-ring (bicyclic) bond motifs is 1. The summed E-state index contributed by atoms with van der Waals surface area (Å²) in [6.07, 6.45) is 6.67.